The van der Waals surface area contributed by atoms with E-state index in [1.807, 2.05) is 50.4 Å². The summed E-state index contributed by atoms with van der Waals surface area (Å²) in [6, 6.07) is 11.8. The van der Waals surface area contributed by atoms with Gasteiger partial charge in [-0.2, -0.15) is 0 Å². The molecule has 0 radical (unpaired) electrons. The Bertz CT molecular complexity index is 960. The summed E-state index contributed by atoms with van der Waals surface area (Å²) >= 11 is 0. The lowest BCUT2D eigenvalue weighted by Crippen LogP contribution is -2.43. The van der Waals surface area contributed by atoms with Crippen LogP contribution in [0.3, 0.4) is 0 Å². The third kappa shape index (κ3) is 3.87. The summed E-state index contributed by atoms with van der Waals surface area (Å²) in [5, 5.41) is 0. The molecule has 2 aliphatic rings. The van der Waals surface area contributed by atoms with Crippen molar-refractivity contribution in [2.75, 3.05) is 27.2 Å². The number of likely N-dealkylation sites (tertiary alicyclic amines) is 1. The van der Waals surface area contributed by atoms with Crippen molar-refractivity contribution in [3.05, 3.63) is 71.2 Å². The maximum atomic E-state index is 13.5. The van der Waals surface area contributed by atoms with E-state index >= 15 is 0 Å². The quantitative estimate of drug-likeness (QED) is 0.718. The molecular formula is C24H28N4O2. The zero-order chi connectivity index (χ0) is 21.3. The van der Waals surface area contributed by atoms with Crippen LogP contribution in [-0.2, 0) is 16.1 Å². The molecule has 2 amide bonds. The van der Waals surface area contributed by atoms with Crippen LogP contribution in [-0.4, -0.2) is 64.7 Å². The molecule has 2 aromatic rings. The van der Waals surface area contributed by atoms with Crippen LogP contribution in [0.2, 0.25) is 0 Å². The van der Waals surface area contributed by atoms with Crippen LogP contribution >= 0.6 is 0 Å². The van der Waals surface area contributed by atoms with Gasteiger partial charge in [0, 0.05) is 25.5 Å². The SMILES string of the molecule is Cc1ccc(C2=C(N(C)C3CCN(C)CC3)C(=O)N(Cc3ccncc3)C2=O)cc1. The van der Waals surface area contributed by atoms with Crippen LogP contribution in [0.5, 0.6) is 0 Å². The second kappa shape index (κ2) is 8.40. The third-order valence-electron chi connectivity index (χ3n) is 6.16. The van der Waals surface area contributed by atoms with Gasteiger partial charge in [-0.15, -0.1) is 0 Å². The Morgan fingerprint density at radius 1 is 1.00 bits per heavy atom. The molecule has 0 spiro atoms. The lowest BCUT2D eigenvalue weighted by molar-refractivity contribution is -0.138. The van der Waals surface area contributed by atoms with Crippen molar-refractivity contribution in [1.82, 2.24) is 19.7 Å². The molecule has 0 unspecified atom stereocenters. The number of nitrogens with zero attached hydrogens (tertiary/aromatic N) is 4. The molecule has 0 bridgehead atoms. The van der Waals surface area contributed by atoms with Crippen molar-refractivity contribution in [3.8, 4) is 0 Å². The van der Waals surface area contributed by atoms with Gasteiger partial charge in [0.25, 0.3) is 11.8 Å². The van der Waals surface area contributed by atoms with E-state index < -0.39 is 0 Å². The molecule has 3 heterocycles. The lowest BCUT2D eigenvalue weighted by atomic mass is 9.99. The Balaban J connectivity index is 1.71. The number of carbonyl (C=O) groups excluding carboxylic acids is 2. The number of hydrogen-bond acceptors (Lipinski definition) is 5. The van der Waals surface area contributed by atoms with Crippen LogP contribution in [0.1, 0.15) is 29.5 Å². The number of aryl methyl sites for hydroxylation is 1. The normalized spacial score (nSPS) is 18.4. The number of carbonyl (C=O) groups is 2. The van der Waals surface area contributed by atoms with Crippen LogP contribution in [0.4, 0.5) is 0 Å². The first kappa shape index (κ1) is 20.3. The fraction of sp³-hybridized carbons (Fsp3) is 0.375. The Morgan fingerprint density at radius 3 is 2.27 bits per heavy atom. The standard InChI is InChI=1S/C24H28N4O2/c1-17-4-6-19(7-5-17)21-22(27(3)20-10-14-26(2)15-11-20)24(30)28(23(21)29)16-18-8-12-25-13-9-18/h4-9,12-13,20H,10-11,14-16H2,1-3H3. The van der Waals surface area contributed by atoms with Gasteiger partial charge in [0.15, 0.2) is 0 Å². The molecule has 6 nitrogen and oxygen atoms in total. The highest BCUT2D eigenvalue weighted by atomic mass is 16.2. The minimum Gasteiger partial charge on any atom is -0.366 e. The van der Waals surface area contributed by atoms with E-state index in [9.17, 15) is 9.59 Å². The highest BCUT2D eigenvalue weighted by Gasteiger charge is 2.42. The summed E-state index contributed by atoms with van der Waals surface area (Å²) in [7, 11) is 4.08. The first-order valence-corrected chi connectivity index (χ1v) is 10.4. The molecule has 2 aliphatic heterocycles. The largest absolute Gasteiger partial charge is 0.366 e. The number of imide groups is 1. The van der Waals surface area contributed by atoms with Gasteiger partial charge in [0.2, 0.25) is 0 Å². The fourth-order valence-corrected chi connectivity index (χ4v) is 4.25. The van der Waals surface area contributed by atoms with Crippen molar-refractivity contribution >= 4 is 17.4 Å². The highest BCUT2D eigenvalue weighted by Crippen LogP contribution is 2.34. The monoisotopic (exact) mass is 404 g/mol. The molecule has 0 saturated carbocycles. The van der Waals surface area contributed by atoms with E-state index in [1.165, 1.54) is 4.90 Å². The molecule has 1 fully saturated rings. The van der Waals surface area contributed by atoms with E-state index in [-0.39, 0.29) is 24.4 Å². The smallest absolute Gasteiger partial charge is 0.278 e. The van der Waals surface area contributed by atoms with Crippen LogP contribution < -0.4 is 0 Å². The van der Waals surface area contributed by atoms with Crippen LogP contribution in [0.25, 0.3) is 5.57 Å². The van der Waals surface area contributed by atoms with Crippen molar-refractivity contribution < 1.29 is 9.59 Å². The summed E-state index contributed by atoms with van der Waals surface area (Å²) in [4.78, 5) is 36.7. The van der Waals surface area contributed by atoms with Gasteiger partial charge in [-0.05, 0) is 63.2 Å². The topological polar surface area (TPSA) is 56.8 Å². The molecule has 1 aromatic carbocycles. The predicted molar refractivity (Wildman–Crippen MR) is 116 cm³/mol. The molecule has 4 rings (SSSR count). The van der Waals surface area contributed by atoms with Gasteiger partial charge in [-0.3, -0.25) is 19.5 Å². The third-order valence-corrected chi connectivity index (χ3v) is 6.16. The zero-order valence-corrected chi connectivity index (χ0v) is 17.8. The first-order chi connectivity index (χ1) is 14.5. The van der Waals surface area contributed by atoms with E-state index in [4.69, 9.17) is 0 Å². The number of benzene rings is 1. The number of likely N-dealkylation sites (N-methyl/N-ethyl adjacent to an activating group) is 1. The van der Waals surface area contributed by atoms with Gasteiger partial charge in [-0.1, -0.05) is 29.8 Å². The number of pyridine rings is 1. The minimum atomic E-state index is -0.226. The Hall–Kier alpha value is -2.99. The van der Waals surface area contributed by atoms with Crippen molar-refractivity contribution in [1.29, 1.82) is 0 Å². The van der Waals surface area contributed by atoms with E-state index in [1.54, 1.807) is 12.4 Å². The first-order valence-electron chi connectivity index (χ1n) is 10.4. The number of hydrogen-bond donors (Lipinski definition) is 0. The molecular weight excluding hydrogens is 376 g/mol. The molecule has 1 saturated heterocycles. The molecule has 156 valence electrons. The van der Waals surface area contributed by atoms with Crippen molar-refractivity contribution in [2.24, 2.45) is 0 Å². The van der Waals surface area contributed by atoms with Gasteiger partial charge in [-0.25, -0.2) is 0 Å². The highest BCUT2D eigenvalue weighted by molar-refractivity contribution is 6.35. The summed E-state index contributed by atoms with van der Waals surface area (Å²) in [6.07, 6.45) is 5.31. The average Bonchev–Trinajstić information content (AvgIpc) is 3.00. The Kier molecular flexibility index (Phi) is 5.68. The maximum absolute atomic E-state index is 13.5. The molecule has 0 atom stereocenters. The predicted octanol–water partition coefficient (Wildman–Crippen LogP) is 2.70. The Labute approximate surface area is 177 Å². The number of piperidine rings is 1. The van der Waals surface area contributed by atoms with Crippen LogP contribution in [0, 0.1) is 6.92 Å². The molecule has 0 N–H and O–H groups in total. The van der Waals surface area contributed by atoms with Gasteiger partial charge >= 0.3 is 0 Å². The van der Waals surface area contributed by atoms with Crippen LogP contribution in [0.15, 0.2) is 54.5 Å². The summed E-state index contributed by atoms with van der Waals surface area (Å²) in [5.74, 6) is -0.441. The van der Waals surface area contributed by atoms with E-state index in [0.717, 1.165) is 42.6 Å². The zero-order valence-electron chi connectivity index (χ0n) is 17.8. The van der Waals surface area contributed by atoms with E-state index in [2.05, 4.69) is 21.8 Å². The van der Waals surface area contributed by atoms with Gasteiger partial charge in [0.1, 0.15) is 5.70 Å². The van der Waals surface area contributed by atoms with E-state index in [0.29, 0.717) is 11.3 Å². The van der Waals surface area contributed by atoms with Crippen molar-refractivity contribution in [3.63, 3.8) is 0 Å². The lowest BCUT2D eigenvalue weighted by Gasteiger charge is -2.36. The number of aromatic nitrogens is 1. The fourth-order valence-electron chi connectivity index (χ4n) is 4.25. The Morgan fingerprint density at radius 2 is 1.63 bits per heavy atom. The molecule has 6 heteroatoms. The van der Waals surface area contributed by atoms with Crippen molar-refractivity contribution in [2.45, 2.75) is 32.4 Å². The number of amides is 2. The maximum Gasteiger partial charge on any atom is 0.278 e. The summed E-state index contributed by atoms with van der Waals surface area (Å²) in [6.45, 7) is 4.25. The number of rotatable bonds is 5. The second-order valence-electron chi connectivity index (χ2n) is 8.29. The molecule has 30 heavy (non-hydrogen) atoms. The summed E-state index contributed by atoms with van der Waals surface area (Å²) in [5.41, 5.74) is 3.84. The second-order valence-corrected chi connectivity index (χ2v) is 8.29. The van der Waals surface area contributed by atoms with Gasteiger partial charge in [0.05, 0.1) is 12.1 Å². The molecule has 1 aromatic heterocycles. The average molecular weight is 405 g/mol. The minimum absolute atomic E-state index is 0.214. The molecule has 0 aliphatic carbocycles. The van der Waals surface area contributed by atoms with Gasteiger partial charge < -0.3 is 9.80 Å². The summed E-state index contributed by atoms with van der Waals surface area (Å²) < 4.78 is 0.